The van der Waals surface area contributed by atoms with E-state index in [1.54, 1.807) is 30.3 Å². The predicted molar refractivity (Wildman–Crippen MR) is 159 cm³/mol. The number of halogens is 3. The van der Waals surface area contributed by atoms with Crippen LogP contribution in [0.2, 0.25) is 15.1 Å². The average Bonchev–Trinajstić information content (AvgIpc) is 2.92. The van der Waals surface area contributed by atoms with E-state index >= 15 is 0 Å². The lowest BCUT2D eigenvalue weighted by atomic mass is 9.49. The van der Waals surface area contributed by atoms with E-state index in [0.29, 0.717) is 58.1 Å². The van der Waals surface area contributed by atoms with Crippen LogP contribution in [0.4, 0.5) is 10.5 Å². The first-order chi connectivity index (χ1) is 18.6. The third kappa shape index (κ3) is 6.25. The zero-order valence-electron chi connectivity index (χ0n) is 22.4. The molecule has 2 aromatic rings. The summed E-state index contributed by atoms with van der Waals surface area (Å²) in [4.78, 5) is 32.5. The third-order valence-electron chi connectivity index (χ3n) is 8.85. The van der Waals surface area contributed by atoms with Crippen molar-refractivity contribution in [1.29, 1.82) is 0 Å². The fourth-order valence-electron chi connectivity index (χ4n) is 6.13. The maximum absolute atomic E-state index is 13.4. The molecular formula is C30H35Cl3N4O2. The van der Waals surface area contributed by atoms with Gasteiger partial charge in [-0.1, -0.05) is 60.3 Å². The number of amides is 3. The van der Waals surface area contributed by atoms with E-state index in [4.69, 9.17) is 34.8 Å². The fraction of sp³-hybridized carbons (Fsp3) is 0.467. The van der Waals surface area contributed by atoms with Crippen molar-refractivity contribution in [2.75, 3.05) is 51.1 Å². The Bertz CT molecular complexity index is 1260. The molecule has 1 aliphatic heterocycles. The molecular weight excluding hydrogens is 555 g/mol. The van der Waals surface area contributed by atoms with Crippen LogP contribution in [0.15, 0.2) is 54.1 Å². The molecule has 6 rings (SSSR count). The van der Waals surface area contributed by atoms with Gasteiger partial charge in [-0.25, -0.2) is 4.79 Å². The minimum absolute atomic E-state index is 0.0778. The fourth-order valence-corrected chi connectivity index (χ4v) is 6.75. The van der Waals surface area contributed by atoms with Crippen molar-refractivity contribution >= 4 is 52.4 Å². The topological polar surface area (TPSA) is 55.9 Å². The molecule has 2 unspecified atom stereocenters. The first kappa shape index (κ1) is 28.3. The highest BCUT2D eigenvalue weighted by atomic mass is 35.5. The maximum atomic E-state index is 13.4. The zero-order chi connectivity index (χ0) is 27.7. The van der Waals surface area contributed by atoms with Gasteiger partial charge in [-0.05, 0) is 72.6 Å². The summed E-state index contributed by atoms with van der Waals surface area (Å²) in [5.74, 6) is 1.21. The monoisotopic (exact) mass is 588 g/mol. The van der Waals surface area contributed by atoms with Gasteiger partial charge >= 0.3 is 6.03 Å². The molecule has 0 aromatic heterocycles. The minimum atomic E-state index is -0.108. The lowest BCUT2D eigenvalue weighted by Crippen LogP contribution is -2.52. The average molecular weight is 590 g/mol. The van der Waals surface area contributed by atoms with Crippen LogP contribution in [0.1, 0.15) is 37.0 Å². The Morgan fingerprint density at radius 3 is 2.33 bits per heavy atom. The van der Waals surface area contributed by atoms with Gasteiger partial charge in [-0.15, -0.1) is 0 Å². The van der Waals surface area contributed by atoms with Crippen molar-refractivity contribution < 1.29 is 9.59 Å². The molecule has 4 aliphatic rings. The number of nitrogens with zero attached hydrogens (tertiary/aromatic N) is 3. The molecule has 1 saturated heterocycles. The third-order valence-corrected chi connectivity index (χ3v) is 9.65. The molecule has 2 atom stereocenters. The first-order valence-electron chi connectivity index (χ1n) is 13.6. The summed E-state index contributed by atoms with van der Waals surface area (Å²) in [5.41, 5.74) is 2.88. The SMILES string of the molecule is CC1(C)C2CC=C(CN(CCN3CCN(C(=O)c4ccc(Cl)cc4Cl)CC3)C(=O)Nc3ccc(Cl)cc3)C1C2. The van der Waals surface area contributed by atoms with Crippen molar-refractivity contribution in [1.82, 2.24) is 14.7 Å². The summed E-state index contributed by atoms with van der Waals surface area (Å²) in [5, 5.41) is 4.57. The predicted octanol–water partition coefficient (Wildman–Crippen LogP) is 6.93. The second-order valence-corrected chi connectivity index (χ2v) is 12.7. The van der Waals surface area contributed by atoms with E-state index in [0.717, 1.165) is 37.7 Å². The summed E-state index contributed by atoms with van der Waals surface area (Å²) in [6, 6.07) is 12.1. The first-order valence-corrected chi connectivity index (χ1v) is 14.7. The highest BCUT2D eigenvalue weighted by Crippen LogP contribution is 2.59. The van der Waals surface area contributed by atoms with E-state index in [2.05, 4.69) is 30.1 Å². The molecule has 6 nitrogen and oxygen atoms in total. The largest absolute Gasteiger partial charge is 0.336 e. The van der Waals surface area contributed by atoms with E-state index in [-0.39, 0.29) is 11.9 Å². The molecule has 3 aliphatic carbocycles. The smallest absolute Gasteiger partial charge is 0.322 e. The molecule has 1 saturated carbocycles. The Labute approximate surface area is 245 Å². The summed E-state index contributed by atoms with van der Waals surface area (Å²) in [7, 11) is 0. The van der Waals surface area contributed by atoms with Crippen molar-refractivity contribution in [3.63, 3.8) is 0 Å². The molecule has 1 heterocycles. The number of piperazine rings is 1. The van der Waals surface area contributed by atoms with Crippen molar-refractivity contribution in [3.8, 4) is 0 Å². The van der Waals surface area contributed by atoms with Crippen molar-refractivity contribution in [2.24, 2.45) is 17.3 Å². The van der Waals surface area contributed by atoms with Crippen LogP contribution in [0.25, 0.3) is 0 Å². The number of benzene rings is 2. The molecule has 2 bridgehead atoms. The Kier molecular flexibility index (Phi) is 8.48. The van der Waals surface area contributed by atoms with E-state index in [1.807, 2.05) is 21.9 Å². The number of allylic oxidation sites excluding steroid dienone is 1. The molecule has 1 N–H and O–H groups in total. The van der Waals surface area contributed by atoms with Crippen LogP contribution >= 0.6 is 34.8 Å². The number of hydrogen-bond acceptors (Lipinski definition) is 3. The molecule has 0 spiro atoms. The van der Waals surface area contributed by atoms with Crippen LogP contribution in [0, 0.1) is 17.3 Å². The number of nitrogens with one attached hydrogen (secondary N) is 1. The molecule has 39 heavy (non-hydrogen) atoms. The minimum Gasteiger partial charge on any atom is -0.336 e. The van der Waals surface area contributed by atoms with Crippen LogP contribution in [0.5, 0.6) is 0 Å². The highest BCUT2D eigenvalue weighted by molar-refractivity contribution is 6.36. The van der Waals surface area contributed by atoms with Gasteiger partial charge in [-0.3, -0.25) is 9.69 Å². The number of rotatable bonds is 7. The number of anilines is 1. The molecule has 2 fully saturated rings. The maximum Gasteiger partial charge on any atom is 0.322 e. The van der Waals surface area contributed by atoms with Gasteiger partial charge in [0.1, 0.15) is 0 Å². The van der Waals surface area contributed by atoms with Crippen LogP contribution in [0.3, 0.4) is 0 Å². The normalized spacial score (nSPS) is 22.1. The van der Waals surface area contributed by atoms with E-state index in [9.17, 15) is 9.59 Å². The molecule has 208 valence electrons. The number of carbonyl (C=O) groups excluding carboxylic acids is 2. The van der Waals surface area contributed by atoms with Crippen LogP contribution in [-0.4, -0.2) is 72.5 Å². The molecule has 3 amide bonds. The molecule has 2 aromatic carbocycles. The Morgan fingerprint density at radius 2 is 1.69 bits per heavy atom. The highest BCUT2D eigenvalue weighted by Gasteiger charge is 2.51. The second kappa shape index (κ2) is 11.7. The number of carbonyl (C=O) groups is 2. The molecule has 0 radical (unpaired) electrons. The van der Waals surface area contributed by atoms with E-state index < -0.39 is 0 Å². The Balaban J connectivity index is 1.20. The van der Waals surface area contributed by atoms with E-state index in [1.165, 1.54) is 12.0 Å². The quantitative estimate of drug-likeness (QED) is 0.356. The van der Waals surface area contributed by atoms with Gasteiger partial charge in [0.2, 0.25) is 0 Å². The van der Waals surface area contributed by atoms with Crippen LogP contribution in [-0.2, 0) is 0 Å². The lowest BCUT2D eigenvalue weighted by molar-refractivity contribution is -0.00970. The Hall–Kier alpha value is -2.25. The second-order valence-electron chi connectivity index (χ2n) is 11.4. The van der Waals surface area contributed by atoms with Gasteiger partial charge in [0, 0.05) is 61.5 Å². The number of fused-ring (bicyclic) bond motifs is 1. The van der Waals surface area contributed by atoms with Gasteiger partial charge in [-0.2, -0.15) is 0 Å². The summed E-state index contributed by atoms with van der Waals surface area (Å²) in [6.45, 7) is 9.38. The zero-order valence-corrected chi connectivity index (χ0v) is 24.7. The number of urea groups is 1. The molecule has 9 heteroatoms. The summed E-state index contributed by atoms with van der Waals surface area (Å²) in [6.07, 6.45) is 4.68. The van der Waals surface area contributed by atoms with Gasteiger partial charge in [0.25, 0.3) is 5.91 Å². The van der Waals surface area contributed by atoms with Crippen molar-refractivity contribution in [2.45, 2.75) is 26.7 Å². The van der Waals surface area contributed by atoms with Gasteiger partial charge < -0.3 is 15.1 Å². The van der Waals surface area contributed by atoms with Gasteiger partial charge in [0.05, 0.1) is 10.6 Å². The number of hydrogen-bond donors (Lipinski definition) is 1. The summed E-state index contributed by atoms with van der Waals surface area (Å²) < 4.78 is 0. The Morgan fingerprint density at radius 1 is 1.00 bits per heavy atom. The standard InChI is InChI=1S/C30H35Cl3N4O2/c1-30(2)21-4-3-20(26(30)17-21)19-37(29(39)34-24-8-5-22(31)6-9-24)16-13-35-11-14-36(15-12-35)28(38)25-10-7-23(32)18-27(25)33/h3,5-10,18,21,26H,4,11-17,19H2,1-2H3,(H,34,39). The van der Waals surface area contributed by atoms with Gasteiger partial charge in [0.15, 0.2) is 0 Å². The van der Waals surface area contributed by atoms with Crippen LogP contribution < -0.4 is 5.32 Å². The summed E-state index contributed by atoms with van der Waals surface area (Å²) >= 11 is 18.3. The lowest BCUT2D eigenvalue weighted by Gasteiger charge is -2.57. The van der Waals surface area contributed by atoms with Crippen molar-refractivity contribution in [3.05, 3.63) is 74.7 Å².